The van der Waals surface area contributed by atoms with Gasteiger partial charge in [-0.05, 0) is 48.9 Å². The molecule has 2 aromatic carbocycles. The van der Waals surface area contributed by atoms with Gasteiger partial charge in [0.2, 0.25) is 10.0 Å². The lowest BCUT2D eigenvalue weighted by atomic mass is 10.2. The molecule has 3 N–H and O–H groups in total. The summed E-state index contributed by atoms with van der Waals surface area (Å²) in [6.45, 7) is 1.91. The molecule has 128 valence electrons. The van der Waals surface area contributed by atoms with Crippen LogP contribution in [-0.4, -0.2) is 27.8 Å². The maximum absolute atomic E-state index is 12.1. The number of carbonyl (C=O) groups is 1. The van der Waals surface area contributed by atoms with Crippen molar-refractivity contribution in [2.75, 3.05) is 28.7 Å². The summed E-state index contributed by atoms with van der Waals surface area (Å²) in [6.07, 6.45) is 1.07. The van der Waals surface area contributed by atoms with Crippen molar-refractivity contribution < 1.29 is 17.9 Å². The number of benzene rings is 2. The van der Waals surface area contributed by atoms with Crippen LogP contribution in [0.15, 0.2) is 42.5 Å². The molecule has 0 aliphatic carbocycles. The van der Waals surface area contributed by atoms with Crippen molar-refractivity contribution in [1.29, 1.82) is 0 Å². The zero-order valence-electron chi connectivity index (χ0n) is 13.6. The van der Waals surface area contributed by atoms with Crippen molar-refractivity contribution in [3.05, 3.63) is 48.0 Å². The van der Waals surface area contributed by atoms with Crippen LogP contribution in [0.25, 0.3) is 0 Å². The maximum Gasteiger partial charge on any atom is 0.323 e. The summed E-state index contributed by atoms with van der Waals surface area (Å²) in [4.78, 5) is 12.1. The zero-order valence-corrected chi connectivity index (χ0v) is 14.4. The SMILES string of the molecule is COc1ccc(C)cc1NC(=O)Nc1ccc(NS(C)(=O)=O)cc1. The lowest BCUT2D eigenvalue weighted by molar-refractivity contribution is 0.262. The van der Waals surface area contributed by atoms with Crippen LogP contribution < -0.4 is 20.1 Å². The molecule has 0 fully saturated rings. The van der Waals surface area contributed by atoms with Crippen LogP contribution in [0.4, 0.5) is 21.9 Å². The third-order valence-corrected chi connectivity index (χ3v) is 3.66. The zero-order chi connectivity index (χ0) is 17.7. The van der Waals surface area contributed by atoms with Gasteiger partial charge in [-0.25, -0.2) is 13.2 Å². The second kappa shape index (κ2) is 7.22. The van der Waals surface area contributed by atoms with Crippen LogP contribution in [0, 0.1) is 6.92 Å². The highest BCUT2D eigenvalue weighted by atomic mass is 32.2. The second-order valence-electron chi connectivity index (χ2n) is 5.23. The number of amides is 2. The third-order valence-electron chi connectivity index (χ3n) is 3.05. The topological polar surface area (TPSA) is 96.5 Å². The van der Waals surface area contributed by atoms with Crippen molar-refractivity contribution in [3.8, 4) is 5.75 Å². The number of anilines is 3. The van der Waals surface area contributed by atoms with Gasteiger partial charge in [0.15, 0.2) is 0 Å². The van der Waals surface area contributed by atoms with E-state index in [1.165, 1.54) is 7.11 Å². The Hall–Kier alpha value is -2.74. The molecule has 0 aromatic heterocycles. The number of hydrogen-bond donors (Lipinski definition) is 3. The molecule has 0 aliphatic rings. The summed E-state index contributed by atoms with van der Waals surface area (Å²) in [7, 11) is -1.80. The number of sulfonamides is 1. The first kappa shape index (κ1) is 17.6. The van der Waals surface area contributed by atoms with Crippen molar-refractivity contribution in [3.63, 3.8) is 0 Å². The molecule has 0 saturated carbocycles. The summed E-state index contributed by atoms with van der Waals surface area (Å²) in [6, 6.07) is 11.3. The van der Waals surface area contributed by atoms with Gasteiger partial charge in [-0.2, -0.15) is 0 Å². The molecule has 7 nitrogen and oxygen atoms in total. The monoisotopic (exact) mass is 349 g/mol. The van der Waals surface area contributed by atoms with Crippen LogP contribution in [-0.2, 0) is 10.0 Å². The fourth-order valence-electron chi connectivity index (χ4n) is 2.04. The average molecular weight is 349 g/mol. The third kappa shape index (κ3) is 5.17. The van der Waals surface area contributed by atoms with Gasteiger partial charge in [0.25, 0.3) is 0 Å². The smallest absolute Gasteiger partial charge is 0.323 e. The van der Waals surface area contributed by atoms with Crippen LogP contribution in [0.5, 0.6) is 5.75 Å². The van der Waals surface area contributed by atoms with Crippen LogP contribution in [0.1, 0.15) is 5.56 Å². The van der Waals surface area contributed by atoms with Gasteiger partial charge < -0.3 is 15.4 Å². The van der Waals surface area contributed by atoms with Crippen LogP contribution in [0.2, 0.25) is 0 Å². The molecule has 0 bridgehead atoms. The Labute approximate surface area is 141 Å². The molecule has 0 aliphatic heterocycles. The molecule has 2 aromatic rings. The summed E-state index contributed by atoms with van der Waals surface area (Å²) in [5.74, 6) is 0.559. The fraction of sp³-hybridized carbons (Fsp3) is 0.188. The lowest BCUT2D eigenvalue weighted by Gasteiger charge is -2.12. The van der Waals surface area contributed by atoms with Crippen molar-refractivity contribution in [2.24, 2.45) is 0 Å². The highest BCUT2D eigenvalue weighted by molar-refractivity contribution is 7.92. The molecular weight excluding hydrogens is 330 g/mol. The first-order valence-electron chi connectivity index (χ1n) is 7.07. The maximum atomic E-state index is 12.1. The summed E-state index contributed by atoms with van der Waals surface area (Å²) < 4.78 is 29.9. The predicted molar refractivity (Wildman–Crippen MR) is 95.3 cm³/mol. The highest BCUT2D eigenvalue weighted by Gasteiger charge is 2.08. The number of urea groups is 1. The Morgan fingerprint density at radius 3 is 2.21 bits per heavy atom. The van der Waals surface area contributed by atoms with Crippen molar-refractivity contribution in [1.82, 2.24) is 0 Å². The number of hydrogen-bond acceptors (Lipinski definition) is 4. The first-order chi connectivity index (χ1) is 11.3. The van der Waals surface area contributed by atoms with E-state index in [2.05, 4.69) is 15.4 Å². The van der Waals surface area contributed by atoms with E-state index in [1.54, 1.807) is 36.4 Å². The summed E-state index contributed by atoms with van der Waals surface area (Å²) in [5.41, 5.74) is 2.50. The number of rotatable bonds is 5. The largest absolute Gasteiger partial charge is 0.495 e. The minimum Gasteiger partial charge on any atom is -0.495 e. The molecule has 2 rings (SSSR count). The summed E-state index contributed by atoms with van der Waals surface area (Å²) >= 11 is 0. The molecule has 0 unspecified atom stereocenters. The highest BCUT2D eigenvalue weighted by Crippen LogP contribution is 2.25. The lowest BCUT2D eigenvalue weighted by Crippen LogP contribution is -2.20. The minimum absolute atomic E-state index is 0.420. The van der Waals surface area contributed by atoms with E-state index in [0.717, 1.165) is 11.8 Å². The van der Waals surface area contributed by atoms with Crippen LogP contribution in [0.3, 0.4) is 0 Å². The van der Waals surface area contributed by atoms with E-state index < -0.39 is 16.1 Å². The summed E-state index contributed by atoms with van der Waals surface area (Å²) in [5, 5.41) is 5.39. The van der Waals surface area contributed by atoms with E-state index in [9.17, 15) is 13.2 Å². The van der Waals surface area contributed by atoms with Gasteiger partial charge in [-0.3, -0.25) is 4.72 Å². The number of methoxy groups -OCH3 is 1. The van der Waals surface area contributed by atoms with E-state index >= 15 is 0 Å². The molecule has 8 heteroatoms. The van der Waals surface area contributed by atoms with Crippen molar-refractivity contribution in [2.45, 2.75) is 6.92 Å². The Balaban J connectivity index is 2.04. The van der Waals surface area contributed by atoms with Gasteiger partial charge in [0.05, 0.1) is 19.1 Å². The number of nitrogens with one attached hydrogen (secondary N) is 3. The first-order valence-corrected chi connectivity index (χ1v) is 8.96. The van der Waals surface area contributed by atoms with Gasteiger partial charge in [-0.1, -0.05) is 6.07 Å². The van der Waals surface area contributed by atoms with Crippen molar-refractivity contribution >= 4 is 33.1 Å². The molecule has 24 heavy (non-hydrogen) atoms. The van der Waals surface area contributed by atoms with Crippen LogP contribution >= 0.6 is 0 Å². The molecule has 0 radical (unpaired) electrons. The van der Waals surface area contributed by atoms with Gasteiger partial charge in [0, 0.05) is 11.4 Å². The Morgan fingerprint density at radius 2 is 1.62 bits per heavy atom. The normalized spacial score (nSPS) is 10.8. The van der Waals surface area contributed by atoms with Gasteiger partial charge in [-0.15, -0.1) is 0 Å². The number of ether oxygens (including phenoxy) is 1. The molecule has 0 heterocycles. The quantitative estimate of drug-likeness (QED) is 0.773. The van der Waals surface area contributed by atoms with Gasteiger partial charge >= 0.3 is 6.03 Å². The molecule has 0 spiro atoms. The number of carbonyl (C=O) groups excluding carboxylic acids is 1. The second-order valence-corrected chi connectivity index (χ2v) is 6.98. The molecular formula is C16H19N3O4S. The molecule has 2 amide bonds. The molecule has 0 saturated heterocycles. The minimum atomic E-state index is -3.33. The van der Waals surface area contributed by atoms with E-state index in [1.807, 2.05) is 13.0 Å². The predicted octanol–water partition coefficient (Wildman–Crippen LogP) is 3.02. The van der Waals surface area contributed by atoms with E-state index in [-0.39, 0.29) is 0 Å². The standard InChI is InChI=1S/C16H19N3O4S/c1-11-4-9-15(23-2)14(10-11)18-16(20)17-12-5-7-13(8-6-12)19-24(3,21)22/h4-10,19H,1-3H3,(H2,17,18,20). The van der Waals surface area contributed by atoms with E-state index in [4.69, 9.17) is 4.74 Å². The van der Waals surface area contributed by atoms with Gasteiger partial charge in [0.1, 0.15) is 5.75 Å². The average Bonchev–Trinajstić information content (AvgIpc) is 2.48. The Kier molecular flexibility index (Phi) is 5.30. The molecule has 0 atom stereocenters. The fourth-order valence-corrected chi connectivity index (χ4v) is 2.60. The number of aryl methyl sites for hydroxylation is 1. The Bertz CT molecular complexity index is 833. The Morgan fingerprint density at radius 1 is 1.00 bits per heavy atom. The van der Waals surface area contributed by atoms with E-state index in [0.29, 0.717) is 22.8 Å².